The number of para-hydroxylation sites is 1. The number of hydrogen-bond acceptors (Lipinski definition) is 4. The van der Waals surface area contributed by atoms with Crippen molar-refractivity contribution in [2.24, 2.45) is 16.9 Å². The standard InChI is InChI=1S/C25H30N4O3/c1-25(2,3)12-21(23(27)31)29(15-17-8-6-7-16(11-17)13-26)24(32)22(30)19-14-28-20-10-5-4-9-18(19)20/h4-11,14,21,28H,12-13,15,26H2,1-3H3,(H2,27,31). The third kappa shape index (κ3) is 5.23. The van der Waals surface area contributed by atoms with Crippen LogP contribution < -0.4 is 11.5 Å². The van der Waals surface area contributed by atoms with Crippen molar-refractivity contribution in [3.8, 4) is 0 Å². The number of aromatic nitrogens is 1. The summed E-state index contributed by atoms with van der Waals surface area (Å²) in [6.45, 7) is 6.30. The Hall–Kier alpha value is -3.45. The van der Waals surface area contributed by atoms with E-state index >= 15 is 0 Å². The average Bonchev–Trinajstić information content (AvgIpc) is 3.18. The predicted octanol–water partition coefficient (Wildman–Crippen LogP) is 3.13. The van der Waals surface area contributed by atoms with Gasteiger partial charge in [0, 0.05) is 30.2 Å². The zero-order chi connectivity index (χ0) is 23.5. The molecular weight excluding hydrogens is 404 g/mol. The van der Waals surface area contributed by atoms with Crippen molar-refractivity contribution in [1.29, 1.82) is 0 Å². The number of H-pyrrole nitrogens is 1. The first-order valence-corrected chi connectivity index (χ1v) is 10.6. The molecule has 3 aromatic rings. The van der Waals surface area contributed by atoms with Crippen LogP contribution in [0.5, 0.6) is 0 Å². The summed E-state index contributed by atoms with van der Waals surface area (Å²) in [6, 6.07) is 13.8. The number of benzene rings is 2. The number of nitrogens with two attached hydrogens (primary N) is 2. The van der Waals surface area contributed by atoms with Crippen molar-refractivity contribution < 1.29 is 14.4 Å². The van der Waals surface area contributed by atoms with Crippen LogP contribution in [0.1, 0.15) is 48.7 Å². The summed E-state index contributed by atoms with van der Waals surface area (Å²) in [6.07, 6.45) is 1.85. The van der Waals surface area contributed by atoms with E-state index in [2.05, 4.69) is 4.98 Å². The number of amides is 2. The van der Waals surface area contributed by atoms with Gasteiger partial charge in [-0.25, -0.2) is 0 Å². The SMILES string of the molecule is CC(C)(C)CC(C(N)=O)N(Cc1cccc(CN)c1)C(=O)C(=O)c1c[nH]c2ccccc12. The highest BCUT2D eigenvalue weighted by atomic mass is 16.2. The van der Waals surface area contributed by atoms with Crippen molar-refractivity contribution in [1.82, 2.24) is 9.88 Å². The minimum atomic E-state index is -0.932. The molecule has 0 aliphatic heterocycles. The minimum Gasteiger partial charge on any atom is -0.368 e. The van der Waals surface area contributed by atoms with Gasteiger partial charge in [-0.3, -0.25) is 14.4 Å². The monoisotopic (exact) mass is 434 g/mol. The van der Waals surface area contributed by atoms with Gasteiger partial charge >= 0.3 is 0 Å². The molecule has 0 spiro atoms. The molecule has 1 heterocycles. The lowest BCUT2D eigenvalue weighted by Gasteiger charge is -2.33. The molecule has 7 nitrogen and oxygen atoms in total. The van der Waals surface area contributed by atoms with Crippen LogP contribution in [0.4, 0.5) is 0 Å². The van der Waals surface area contributed by atoms with Crippen molar-refractivity contribution in [3.05, 3.63) is 71.4 Å². The fourth-order valence-corrected chi connectivity index (χ4v) is 3.82. The smallest absolute Gasteiger partial charge is 0.296 e. The molecule has 32 heavy (non-hydrogen) atoms. The Bertz CT molecular complexity index is 1140. The van der Waals surface area contributed by atoms with Gasteiger partial charge in [-0.15, -0.1) is 0 Å². The largest absolute Gasteiger partial charge is 0.368 e. The maximum atomic E-state index is 13.5. The number of carbonyl (C=O) groups excluding carboxylic acids is 3. The molecule has 3 rings (SSSR count). The second-order valence-electron chi connectivity index (χ2n) is 9.22. The second-order valence-corrected chi connectivity index (χ2v) is 9.22. The molecule has 5 N–H and O–H groups in total. The molecule has 1 unspecified atom stereocenters. The maximum Gasteiger partial charge on any atom is 0.296 e. The number of nitrogens with zero attached hydrogens (tertiary/aromatic N) is 1. The van der Waals surface area contributed by atoms with Gasteiger partial charge in [-0.05, 0) is 29.0 Å². The molecule has 2 aromatic carbocycles. The average molecular weight is 435 g/mol. The van der Waals surface area contributed by atoms with Crippen LogP contribution in [0.2, 0.25) is 0 Å². The summed E-state index contributed by atoms with van der Waals surface area (Å²) >= 11 is 0. The summed E-state index contributed by atoms with van der Waals surface area (Å²) in [5.74, 6) is -2.09. The van der Waals surface area contributed by atoms with Crippen molar-refractivity contribution in [2.75, 3.05) is 0 Å². The van der Waals surface area contributed by atoms with E-state index in [1.54, 1.807) is 12.1 Å². The highest BCUT2D eigenvalue weighted by molar-refractivity contribution is 6.45. The Kier molecular flexibility index (Phi) is 6.79. The van der Waals surface area contributed by atoms with E-state index in [-0.39, 0.29) is 17.5 Å². The third-order valence-electron chi connectivity index (χ3n) is 5.38. The molecule has 2 amide bonds. The number of aromatic amines is 1. The van der Waals surface area contributed by atoms with E-state index in [1.165, 1.54) is 11.1 Å². The summed E-state index contributed by atoms with van der Waals surface area (Å²) in [5, 5.41) is 0.655. The highest BCUT2D eigenvalue weighted by Crippen LogP contribution is 2.26. The van der Waals surface area contributed by atoms with Crippen LogP contribution in [0.3, 0.4) is 0 Å². The van der Waals surface area contributed by atoms with Gasteiger partial charge in [-0.2, -0.15) is 0 Å². The van der Waals surface area contributed by atoms with E-state index in [4.69, 9.17) is 11.5 Å². The van der Waals surface area contributed by atoms with Gasteiger partial charge in [-0.1, -0.05) is 63.2 Å². The maximum absolute atomic E-state index is 13.5. The molecule has 7 heteroatoms. The zero-order valence-corrected chi connectivity index (χ0v) is 18.7. The first-order valence-electron chi connectivity index (χ1n) is 10.6. The van der Waals surface area contributed by atoms with Crippen LogP contribution in [-0.2, 0) is 22.7 Å². The summed E-state index contributed by atoms with van der Waals surface area (Å²) < 4.78 is 0. The number of carbonyl (C=O) groups is 3. The zero-order valence-electron chi connectivity index (χ0n) is 18.7. The van der Waals surface area contributed by atoms with E-state index in [9.17, 15) is 14.4 Å². The molecular formula is C25H30N4O3. The number of Topliss-reactive ketones (excluding diaryl/α,β-unsaturated/α-hetero) is 1. The molecule has 0 aliphatic rings. The Morgan fingerprint density at radius 3 is 2.38 bits per heavy atom. The summed E-state index contributed by atoms with van der Waals surface area (Å²) in [5.41, 5.74) is 13.9. The van der Waals surface area contributed by atoms with Gasteiger partial charge in [0.05, 0.1) is 5.56 Å². The van der Waals surface area contributed by atoms with Gasteiger partial charge in [0.15, 0.2) is 0 Å². The Morgan fingerprint density at radius 1 is 1.03 bits per heavy atom. The highest BCUT2D eigenvalue weighted by Gasteiger charge is 2.36. The van der Waals surface area contributed by atoms with Crippen LogP contribution >= 0.6 is 0 Å². The molecule has 168 valence electrons. The second kappa shape index (κ2) is 9.36. The summed E-state index contributed by atoms with van der Waals surface area (Å²) in [4.78, 5) is 43.6. The number of primary amides is 1. The van der Waals surface area contributed by atoms with E-state index in [0.29, 0.717) is 18.4 Å². The fraction of sp³-hybridized carbons (Fsp3) is 0.320. The Balaban J connectivity index is 2.02. The van der Waals surface area contributed by atoms with Crippen molar-refractivity contribution >= 4 is 28.5 Å². The molecule has 0 fully saturated rings. The molecule has 1 atom stereocenters. The quantitative estimate of drug-likeness (QED) is 0.372. The summed E-state index contributed by atoms with van der Waals surface area (Å²) in [7, 11) is 0. The Labute approximate surface area is 187 Å². The Morgan fingerprint density at radius 2 is 1.72 bits per heavy atom. The van der Waals surface area contributed by atoms with Crippen LogP contribution in [0.25, 0.3) is 10.9 Å². The predicted molar refractivity (Wildman–Crippen MR) is 125 cm³/mol. The van der Waals surface area contributed by atoms with Gasteiger partial charge in [0.1, 0.15) is 6.04 Å². The number of hydrogen-bond donors (Lipinski definition) is 3. The first-order chi connectivity index (χ1) is 15.1. The van der Waals surface area contributed by atoms with Gasteiger partial charge < -0.3 is 21.4 Å². The van der Waals surface area contributed by atoms with Gasteiger partial charge in [0.2, 0.25) is 5.91 Å². The molecule has 0 saturated heterocycles. The third-order valence-corrected chi connectivity index (χ3v) is 5.38. The number of ketones is 1. The van der Waals surface area contributed by atoms with E-state index in [0.717, 1.165) is 16.6 Å². The minimum absolute atomic E-state index is 0.0739. The van der Waals surface area contributed by atoms with Crippen LogP contribution in [-0.4, -0.2) is 33.5 Å². The lowest BCUT2D eigenvalue weighted by molar-refractivity contribution is -0.137. The number of fused-ring (bicyclic) bond motifs is 1. The molecule has 1 aromatic heterocycles. The van der Waals surface area contributed by atoms with Crippen molar-refractivity contribution in [2.45, 2.75) is 46.3 Å². The molecule has 0 saturated carbocycles. The van der Waals surface area contributed by atoms with Gasteiger partial charge in [0.25, 0.3) is 11.7 Å². The van der Waals surface area contributed by atoms with E-state index in [1.807, 2.05) is 57.2 Å². The molecule has 0 bridgehead atoms. The lowest BCUT2D eigenvalue weighted by atomic mass is 9.86. The molecule has 0 aliphatic carbocycles. The number of nitrogens with one attached hydrogen (secondary N) is 1. The van der Waals surface area contributed by atoms with Crippen LogP contribution in [0.15, 0.2) is 54.7 Å². The van der Waals surface area contributed by atoms with Crippen LogP contribution in [0, 0.1) is 5.41 Å². The van der Waals surface area contributed by atoms with E-state index < -0.39 is 23.6 Å². The normalized spacial score (nSPS) is 12.5. The molecule has 0 radical (unpaired) electrons. The van der Waals surface area contributed by atoms with Crippen molar-refractivity contribution in [3.63, 3.8) is 0 Å². The topological polar surface area (TPSA) is 122 Å². The lowest BCUT2D eigenvalue weighted by Crippen LogP contribution is -2.51. The fourth-order valence-electron chi connectivity index (χ4n) is 3.82. The number of rotatable bonds is 8. The first kappa shape index (κ1) is 23.2.